The summed E-state index contributed by atoms with van der Waals surface area (Å²) < 4.78 is 5.24. The van der Waals surface area contributed by atoms with Crippen molar-refractivity contribution in [1.82, 2.24) is 10.2 Å². The van der Waals surface area contributed by atoms with Crippen LogP contribution in [0.15, 0.2) is 24.3 Å². The summed E-state index contributed by atoms with van der Waals surface area (Å²) in [5.41, 5.74) is 2.56. The number of ether oxygens (including phenoxy) is 1. The van der Waals surface area contributed by atoms with Crippen molar-refractivity contribution in [1.29, 1.82) is 0 Å². The van der Waals surface area contributed by atoms with Crippen LogP contribution >= 0.6 is 0 Å². The zero-order valence-electron chi connectivity index (χ0n) is 13.4. The summed E-state index contributed by atoms with van der Waals surface area (Å²) in [7, 11) is 0. The van der Waals surface area contributed by atoms with Crippen molar-refractivity contribution in [3.8, 4) is 0 Å². The maximum absolute atomic E-state index is 12.2. The molecule has 0 saturated carbocycles. The predicted molar refractivity (Wildman–Crippen MR) is 86.9 cm³/mol. The average Bonchev–Trinajstić information content (AvgIpc) is 2.61. The van der Waals surface area contributed by atoms with Gasteiger partial charge >= 0.3 is 0 Å². The summed E-state index contributed by atoms with van der Waals surface area (Å²) in [6, 6.07) is 8.38. The van der Waals surface area contributed by atoms with E-state index in [-0.39, 0.29) is 30.7 Å². The second-order valence-electron chi connectivity index (χ2n) is 6.20. The van der Waals surface area contributed by atoms with E-state index in [1.807, 2.05) is 12.1 Å². The van der Waals surface area contributed by atoms with E-state index in [9.17, 15) is 9.59 Å². The molecule has 0 bridgehead atoms. The highest BCUT2D eigenvalue weighted by Crippen LogP contribution is 2.29. The number of morpholine rings is 1. The van der Waals surface area contributed by atoms with Crippen molar-refractivity contribution in [3.63, 3.8) is 0 Å². The molecule has 1 aliphatic carbocycles. The quantitative estimate of drug-likeness (QED) is 0.922. The van der Waals surface area contributed by atoms with E-state index < -0.39 is 0 Å². The van der Waals surface area contributed by atoms with Crippen molar-refractivity contribution < 1.29 is 14.3 Å². The molecule has 1 atom stereocenters. The molecule has 1 heterocycles. The standard InChI is InChI=1S/C18H24N2O3/c21-17(8-9-18(22)20-10-12-23-13-11-20)19-16-7-3-5-14-4-1-2-6-15(14)16/h1-2,4,6,16H,3,5,7-13H2,(H,19,21)/t16-/m1/s1. The van der Waals surface area contributed by atoms with Gasteiger partial charge in [-0.05, 0) is 30.4 Å². The van der Waals surface area contributed by atoms with E-state index in [4.69, 9.17) is 4.74 Å². The Hall–Kier alpha value is -1.88. The second-order valence-corrected chi connectivity index (χ2v) is 6.20. The van der Waals surface area contributed by atoms with Crippen molar-refractivity contribution in [2.24, 2.45) is 0 Å². The maximum atomic E-state index is 12.2. The third kappa shape index (κ3) is 4.10. The minimum Gasteiger partial charge on any atom is -0.378 e. The van der Waals surface area contributed by atoms with Gasteiger partial charge in [-0.3, -0.25) is 9.59 Å². The van der Waals surface area contributed by atoms with Crippen LogP contribution in [0.1, 0.15) is 42.9 Å². The number of hydrogen-bond donors (Lipinski definition) is 1. The van der Waals surface area contributed by atoms with Gasteiger partial charge in [0.05, 0.1) is 19.3 Å². The van der Waals surface area contributed by atoms with Gasteiger partial charge in [-0.2, -0.15) is 0 Å². The Balaban J connectivity index is 1.49. The minimum absolute atomic E-state index is 0.0340. The number of nitrogens with one attached hydrogen (secondary N) is 1. The fraction of sp³-hybridized carbons (Fsp3) is 0.556. The molecular weight excluding hydrogens is 292 g/mol. The molecule has 1 aliphatic heterocycles. The lowest BCUT2D eigenvalue weighted by molar-refractivity contribution is -0.137. The molecule has 0 unspecified atom stereocenters. The number of hydrogen-bond acceptors (Lipinski definition) is 3. The number of fused-ring (bicyclic) bond motifs is 1. The number of nitrogens with zero attached hydrogens (tertiary/aromatic N) is 1. The lowest BCUT2D eigenvalue weighted by atomic mass is 9.87. The van der Waals surface area contributed by atoms with Gasteiger partial charge < -0.3 is 15.0 Å². The van der Waals surface area contributed by atoms with Crippen LogP contribution in [-0.4, -0.2) is 43.0 Å². The number of aryl methyl sites for hydroxylation is 1. The van der Waals surface area contributed by atoms with Crippen LogP contribution in [0.25, 0.3) is 0 Å². The van der Waals surface area contributed by atoms with Crippen LogP contribution in [0, 0.1) is 0 Å². The van der Waals surface area contributed by atoms with Gasteiger partial charge in [0.25, 0.3) is 0 Å². The molecular formula is C18H24N2O3. The van der Waals surface area contributed by atoms with Crippen LogP contribution in [0.3, 0.4) is 0 Å². The molecule has 1 aromatic carbocycles. The van der Waals surface area contributed by atoms with Crippen LogP contribution in [0.4, 0.5) is 0 Å². The van der Waals surface area contributed by atoms with Crippen LogP contribution in [0.5, 0.6) is 0 Å². The molecule has 0 spiro atoms. The molecule has 1 N–H and O–H groups in total. The Kier molecular flexibility index (Phi) is 5.28. The van der Waals surface area contributed by atoms with Gasteiger partial charge in [0.1, 0.15) is 0 Å². The van der Waals surface area contributed by atoms with Crippen LogP contribution < -0.4 is 5.32 Å². The number of benzene rings is 1. The van der Waals surface area contributed by atoms with Crippen LogP contribution in [-0.2, 0) is 20.7 Å². The molecule has 124 valence electrons. The smallest absolute Gasteiger partial charge is 0.223 e. The fourth-order valence-electron chi connectivity index (χ4n) is 3.36. The van der Waals surface area contributed by atoms with Crippen molar-refractivity contribution >= 4 is 11.8 Å². The number of amides is 2. The van der Waals surface area contributed by atoms with Gasteiger partial charge in [0.15, 0.2) is 0 Å². The highest BCUT2D eigenvalue weighted by atomic mass is 16.5. The highest BCUT2D eigenvalue weighted by Gasteiger charge is 2.22. The van der Waals surface area contributed by atoms with Crippen LogP contribution in [0.2, 0.25) is 0 Å². The second kappa shape index (κ2) is 7.59. The van der Waals surface area contributed by atoms with Crippen molar-refractivity contribution in [3.05, 3.63) is 35.4 Å². The molecule has 2 amide bonds. The van der Waals surface area contributed by atoms with E-state index in [2.05, 4.69) is 17.4 Å². The third-order valence-corrected chi connectivity index (χ3v) is 4.63. The van der Waals surface area contributed by atoms with Crippen molar-refractivity contribution in [2.75, 3.05) is 26.3 Å². The summed E-state index contributed by atoms with van der Waals surface area (Å²) in [4.78, 5) is 26.1. The first-order chi connectivity index (χ1) is 11.2. The Morgan fingerprint density at radius 3 is 2.78 bits per heavy atom. The monoisotopic (exact) mass is 316 g/mol. The Morgan fingerprint density at radius 2 is 1.96 bits per heavy atom. The summed E-state index contributed by atoms with van der Waals surface area (Å²) in [6.45, 7) is 2.46. The lowest BCUT2D eigenvalue weighted by Gasteiger charge is -2.28. The first-order valence-electron chi connectivity index (χ1n) is 8.47. The Labute approximate surface area is 137 Å². The first-order valence-corrected chi connectivity index (χ1v) is 8.47. The predicted octanol–water partition coefficient (Wildman–Crippen LogP) is 1.82. The molecule has 3 rings (SSSR count). The molecule has 23 heavy (non-hydrogen) atoms. The molecule has 0 aromatic heterocycles. The Bertz CT molecular complexity index is 567. The molecule has 5 nitrogen and oxygen atoms in total. The third-order valence-electron chi connectivity index (χ3n) is 4.63. The van der Waals surface area contributed by atoms with Gasteiger partial charge in [0, 0.05) is 25.9 Å². The van der Waals surface area contributed by atoms with E-state index in [1.165, 1.54) is 11.1 Å². The summed E-state index contributed by atoms with van der Waals surface area (Å²) in [5.74, 6) is 0.0146. The van der Waals surface area contributed by atoms with E-state index in [0.29, 0.717) is 26.3 Å². The summed E-state index contributed by atoms with van der Waals surface area (Å²) in [5, 5.41) is 3.10. The van der Waals surface area contributed by atoms with E-state index >= 15 is 0 Å². The fourth-order valence-corrected chi connectivity index (χ4v) is 3.36. The lowest BCUT2D eigenvalue weighted by Crippen LogP contribution is -2.41. The molecule has 2 aliphatic rings. The number of carbonyl (C=O) groups excluding carboxylic acids is 2. The Morgan fingerprint density at radius 1 is 1.17 bits per heavy atom. The zero-order chi connectivity index (χ0) is 16.1. The molecule has 1 fully saturated rings. The van der Waals surface area contributed by atoms with Gasteiger partial charge in [-0.15, -0.1) is 0 Å². The average molecular weight is 316 g/mol. The number of rotatable bonds is 4. The van der Waals surface area contributed by atoms with Gasteiger partial charge in [-0.25, -0.2) is 0 Å². The van der Waals surface area contributed by atoms with Crippen molar-refractivity contribution in [2.45, 2.75) is 38.1 Å². The number of carbonyl (C=O) groups is 2. The minimum atomic E-state index is -0.0340. The van der Waals surface area contributed by atoms with Gasteiger partial charge in [0.2, 0.25) is 11.8 Å². The topological polar surface area (TPSA) is 58.6 Å². The van der Waals surface area contributed by atoms with E-state index in [0.717, 1.165) is 19.3 Å². The molecule has 1 aromatic rings. The SMILES string of the molecule is O=C(CCC(=O)N1CCOCC1)N[C@@H]1CCCc2ccccc21. The normalized spacial score (nSPS) is 20.7. The molecule has 1 saturated heterocycles. The molecule has 0 radical (unpaired) electrons. The van der Waals surface area contributed by atoms with Gasteiger partial charge in [-0.1, -0.05) is 24.3 Å². The molecule has 5 heteroatoms. The highest BCUT2D eigenvalue weighted by molar-refractivity contribution is 5.84. The first kappa shape index (κ1) is 16.0. The maximum Gasteiger partial charge on any atom is 0.223 e. The van der Waals surface area contributed by atoms with E-state index in [1.54, 1.807) is 4.90 Å². The summed E-state index contributed by atoms with van der Waals surface area (Å²) >= 11 is 0. The largest absolute Gasteiger partial charge is 0.378 e. The zero-order valence-corrected chi connectivity index (χ0v) is 13.4. The summed E-state index contributed by atoms with van der Waals surface area (Å²) in [6.07, 6.45) is 3.68.